The van der Waals surface area contributed by atoms with E-state index in [-0.39, 0.29) is 6.10 Å². The molecular weight excluding hydrogens is 294 g/mol. The SMILES string of the molecule is Cc1ccsc1CN1CC[C@@H]2O[C@@H](c3ccncn3)C[C@H]2C1. The van der Waals surface area contributed by atoms with Gasteiger partial charge in [0.15, 0.2) is 0 Å². The summed E-state index contributed by atoms with van der Waals surface area (Å²) >= 11 is 1.88. The Bertz CT molecular complexity index is 630. The summed E-state index contributed by atoms with van der Waals surface area (Å²) in [7, 11) is 0. The zero-order chi connectivity index (χ0) is 14.9. The quantitative estimate of drug-likeness (QED) is 0.872. The zero-order valence-electron chi connectivity index (χ0n) is 12.8. The highest BCUT2D eigenvalue weighted by Gasteiger charge is 2.40. The molecule has 2 aliphatic rings. The lowest BCUT2D eigenvalue weighted by atomic mass is 9.92. The van der Waals surface area contributed by atoms with E-state index in [1.807, 2.05) is 17.4 Å². The van der Waals surface area contributed by atoms with Crippen molar-refractivity contribution in [1.29, 1.82) is 0 Å². The molecule has 4 heterocycles. The van der Waals surface area contributed by atoms with E-state index in [0.717, 1.165) is 38.2 Å². The molecule has 0 spiro atoms. The molecular formula is C17H21N3OS. The van der Waals surface area contributed by atoms with Crippen LogP contribution >= 0.6 is 11.3 Å². The topological polar surface area (TPSA) is 38.2 Å². The minimum atomic E-state index is 0.154. The Morgan fingerprint density at radius 3 is 3.14 bits per heavy atom. The van der Waals surface area contributed by atoms with E-state index in [4.69, 9.17) is 4.74 Å². The van der Waals surface area contributed by atoms with Gasteiger partial charge in [-0.2, -0.15) is 0 Å². The summed E-state index contributed by atoms with van der Waals surface area (Å²) in [6, 6.07) is 4.20. The lowest BCUT2D eigenvalue weighted by Gasteiger charge is -2.33. The molecule has 0 amide bonds. The first kappa shape index (κ1) is 14.3. The van der Waals surface area contributed by atoms with Crippen LogP contribution in [0.25, 0.3) is 0 Å². The van der Waals surface area contributed by atoms with Crippen LogP contribution < -0.4 is 0 Å². The third kappa shape index (κ3) is 2.81. The van der Waals surface area contributed by atoms with Crippen LogP contribution in [-0.2, 0) is 11.3 Å². The van der Waals surface area contributed by atoms with Crippen molar-refractivity contribution in [1.82, 2.24) is 14.9 Å². The number of ether oxygens (including phenoxy) is 1. The van der Waals surface area contributed by atoms with Gasteiger partial charge in [0, 0.05) is 36.6 Å². The second-order valence-corrected chi connectivity index (χ2v) is 7.34. The molecule has 5 heteroatoms. The van der Waals surface area contributed by atoms with Crippen LogP contribution in [0.3, 0.4) is 0 Å². The first-order valence-corrected chi connectivity index (χ1v) is 8.84. The van der Waals surface area contributed by atoms with Crippen molar-refractivity contribution in [3.8, 4) is 0 Å². The number of aryl methyl sites for hydroxylation is 1. The summed E-state index contributed by atoms with van der Waals surface area (Å²) in [4.78, 5) is 12.5. The van der Waals surface area contributed by atoms with Gasteiger partial charge >= 0.3 is 0 Å². The molecule has 0 saturated carbocycles. The first-order chi connectivity index (χ1) is 10.8. The van der Waals surface area contributed by atoms with Crippen molar-refractivity contribution in [2.24, 2.45) is 5.92 Å². The predicted molar refractivity (Wildman–Crippen MR) is 86.7 cm³/mol. The van der Waals surface area contributed by atoms with Crippen LogP contribution in [0.15, 0.2) is 30.0 Å². The summed E-state index contributed by atoms with van der Waals surface area (Å²) in [5.74, 6) is 0.633. The average molecular weight is 315 g/mol. The third-order valence-electron chi connectivity index (χ3n) is 4.87. The molecule has 2 saturated heterocycles. The molecule has 0 unspecified atom stereocenters. The van der Waals surface area contributed by atoms with Gasteiger partial charge < -0.3 is 4.74 Å². The van der Waals surface area contributed by atoms with Gasteiger partial charge in [-0.3, -0.25) is 4.90 Å². The Labute approximate surface area is 135 Å². The summed E-state index contributed by atoms with van der Waals surface area (Å²) in [5, 5.41) is 2.20. The van der Waals surface area contributed by atoms with E-state index >= 15 is 0 Å². The summed E-state index contributed by atoms with van der Waals surface area (Å²) < 4.78 is 6.24. The van der Waals surface area contributed by atoms with Gasteiger partial charge in [0.1, 0.15) is 12.4 Å². The Hall–Kier alpha value is -1.30. The Morgan fingerprint density at radius 2 is 2.36 bits per heavy atom. The van der Waals surface area contributed by atoms with Gasteiger partial charge in [0.2, 0.25) is 0 Å². The van der Waals surface area contributed by atoms with E-state index < -0.39 is 0 Å². The van der Waals surface area contributed by atoms with Gasteiger partial charge in [-0.15, -0.1) is 11.3 Å². The van der Waals surface area contributed by atoms with Gasteiger partial charge in [-0.1, -0.05) is 0 Å². The highest BCUT2D eigenvalue weighted by molar-refractivity contribution is 7.10. The lowest BCUT2D eigenvalue weighted by molar-refractivity contribution is -0.00216. The van der Waals surface area contributed by atoms with Crippen LogP contribution in [0.5, 0.6) is 0 Å². The highest BCUT2D eigenvalue weighted by atomic mass is 32.1. The molecule has 0 bridgehead atoms. The fraction of sp³-hybridized carbons (Fsp3) is 0.529. The minimum Gasteiger partial charge on any atom is -0.368 e. The average Bonchev–Trinajstić information content (AvgIpc) is 3.14. The molecule has 4 nitrogen and oxygen atoms in total. The smallest absolute Gasteiger partial charge is 0.115 e. The maximum Gasteiger partial charge on any atom is 0.115 e. The van der Waals surface area contributed by atoms with E-state index in [9.17, 15) is 0 Å². The van der Waals surface area contributed by atoms with Crippen molar-refractivity contribution < 1.29 is 4.74 Å². The summed E-state index contributed by atoms with van der Waals surface area (Å²) in [6.45, 7) is 5.58. The second kappa shape index (κ2) is 6.07. The molecule has 2 aromatic rings. The van der Waals surface area contributed by atoms with Crippen molar-refractivity contribution in [3.05, 3.63) is 46.2 Å². The number of hydrogen-bond donors (Lipinski definition) is 0. The fourth-order valence-corrected chi connectivity index (χ4v) is 4.58. The number of rotatable bonds is 3. The van der Waals surface area contributed by atoms with E-state index in [2.05, 4.69) is 33.2 Å². The van der Waals surface area contributed by atoms with Crippen LogP contribution in [0.4, 0.5) is 0 Å². The standard InChI is InChI=1S/C17H21N3OS/c1-12-4-7-22-17(12)10-20-6-3-15-13(9-20)8-16(21-15)14-2-5-18-11-19-14/h2,4-5,7,11,13,15-16H,3,6,8-10H2,1H3/t13-,15-,16+/m0/s1. The van der Waals surface area contributed by atoms with Crippen LogP contribution in [0, 0.1) is 12.8 Å². The molecule has 22 heavy (non-hydrogen) atoms. The van der Waals surface area contributed by atoms with Crippen molar-refractivity contribution in [2.45, 2.75) is 38.5 Å². The van der Waals surface area contributed by atoms with Gasteiger partial charge in [-0.05, 0) is 42.8 Å². The summed E-state index contributed by atoms with van der Waals surface area (Å²) in [6.07, 6.45) is 6.20. The second-order valence-electron chi connectivity index (χ2n) is 6.34. The molecule has 2 aromatic heterocycles. The minimum absolute atomic E-state index is 0.154. The fourth-order valence-electron chi connectivity index (χ4n) is 3.63. The number of hydrogen-bond acceptors (Lipinski definition) is 5. The Morgan fingerprint density at radius 1 is 1.41 bits per heavy atom. The van der Waals surface area contributed by atoms with Crippen LogP contribution in [0.2, 0.25) is 0 Å². The number of fused-ring (bicyclic) bond motifs is 1. The molecule has 4 rings (SSSR count). The molecule has 2 aliphatic heterocycles. The number of piperidine rings is 1. The predicted octanol–water partition coefficient (Wildman–Crippen LogP) is 3.20. The van der Waals surface area contributed by atoms with Gasteiger partial charge in [0.25, 0.3) is 0 Å². The van der Waals surface area contributed by atoms with E-state index in [0.29, 0.717) is 12.0 Å². The molecule has 3 atom stereocenters. The number of aromatic nitrogens is 2. The maximum absolute atomic E-state index is 6.24. The molecule has 0 N–H and O–H groups in total. The lowest BCUT2D eigenvalue weighted by Crippen LogP contribution is -2.40. The molecule has 0 radical (unpaired) electrons. The van der Waals surface area contributed by atoms with Crippen LogP contribution in [0.1, 0.15) is 35.1 Å². The first-order valence-electron chi connectivity index (χ1n) is 7.96. The highest BCUT2D eigenvalue weighted by Crippen LogP contribution is 2.40. The van der Waals surface area contributed by atoms with E-state index in [1.165, 1.54) is 10.4 Å². The third-order valence-corrected chi connectivity index (χ3v) is 5.88. The van der Waals surface area contributed by atoms with Crippen molar-refractivity contribution in [2.75, 3.05) is 13.1 Å². The van der Waals surface area contributed by atoms with E-state index in [1.54, 1.807) is 12.5 Å². The van der Waals surface area contributed by atoms with Gasteiger partial charge in [-0.25, -0.2) is 9.97 Å². The Kier molecular flexibility index (Phi) is 3.94. The number of thiophene rings is 1. The van der Waals surface area contributed by atoms with Gasteiger partial charge in [0.05, 0.1) is 11.8 Å². The molecule has 2 fully saturated rings. The largest absolute Gasteiger partial charge is 0.368 e. The normalized spacial score (nSPS) is 28.7. The molecule has 0 aliphatic carbocycles. The molecule has 0 aromatic carbocycles. The van der Waals surface area contributed by atoms with Crippen LogP contribution in [-0.4, -0.2) is 34.1 Å². The van der Waals surface area contributed by atoms with Crippen molar-refractivity contribution in [3.63, 3.8) is 0 Å². The van der Waals surface area contributed by atoms with Crippen molar-refractivity contribution >= 4 is 11.3 Å². The maximum atomic E-state index is 6.24. The monoisotopic (exact) mass is 315 g/mol. The zero-order valence-corrected chi connectivity index (χ0v) is 13.6. The summed E-state index contributed by atoms with van der Waals surface area (Å²) in [5.41, 5.74) is 2.46. The molecule has 116 valence electrons. The number of likely N-dealkylation sites (tertiary alicyclic amines) is 1. The number of nitrogens with zero attached hydrogens (tertiary/aromatic N) is 3. The Balaban J connectivity index is 1.40.